The van der Waals surface area contributed by atoms with Crippen molar-refractivity contribution >= 4 is 22.4 Å². The monoisotopic (exact) mass is 282 g/mol. The van der Waals surface area contributed by atoms with Gasteiger partial charge in [0.15, 0.2) is 5.13 Å². The van der Waals surface area contributed by atoms with Gasteiger partial charge in [0, 0.05) is 30.2 Å². The van der Waals surface area contributed by atoms with Crippen LogP contribution in [0.15, 0.2) is 6.20 Å². The van der Waals surface area contributed by atoms with Crippen LogP contribution < -0.4 is 15.5 Å². The number of nitrogens with zero attached hydrogens (tertiary/aromatic N) is 2. The second-order valence-corrected chi connectivity index (χ2v) is 5.92. The summed E-state index contributed by atoms with van der Waals surface area (Å²) in [6.07, 6.45) is 3.05. The van der Waals surface area contributed by atoms with Crippen LogP contribution in [0.4, 0.5) is 5.13 Å². The Hall–Kier alpha value is -1.14. The standard InChI is InChI=1S/C13H22N4OS/c1-4-5-14-9(2)11-8-16-13(19-11)17-7-6-15-12(18)10(17)3/h8-10,14H,4-7H2,1-3H3,(H,15,18). The quantitative estimate of drug-likeness (QED) is 0.860. The Kier molecular flexibility index (Phi) is 4.76. The lowest BCUT2D eigenvalue weighted by atomic mass is 10.2. The molecule has 1 saturated heterocycles. The Morgan fingerprint density at radius 2 is 2.47 bits per heavy atom. The summed E-state index contributed by atoms with van der Waals surface area (Å²) in [5.41, 5.74) is 0. The zero-order chi connectivity index (χ0) is 13.8. The molecule has 19 heavy (non-hydrogen) atoms. The second kappa shape index (κ2) is 6.34. The molecule has 1 fully saturated rings. The molecule has 2 atom stereocenters. The second-order valence-electron chi connectivity index (χ2n) is 4.88. The van der Waals surface area contributed by atoms with Gasteiger partial charge in [-0.3, -0.25) is 4.79 Å². The average Bonchev–Trinajstić information content (AvgIpc) is 2.88. The summed E-state index contributed by atoms with van der Waals surface area (Å²) in [5.74, 6) is 0.0835. The van der Waals surface area contributed by atoms with Crippen molar-refractivity contribution in [1.82, 2.24) is 15.6 Å². The summed E-state index contributed by atoms with van der Waals surface area (Å²) in [6, 6.07) is 0.187. The maximum Gasteiger partial charge on any atom is 0.242 e. The predicted octanol–water partition coefficient (Wildman–Crippen LogP) is 1.53. The van der Waals surface area contributed by atoms with Gasteiger partial charge in [0.1, 0.15) is 6.04 Å². The molecule has 0 bridgehead atoms. The SMILES string of the molecule is CCCNC(C)c1cnc(N2CCNC(=O)C2C)s1. The number of carbonyl (C=O) groups excluding carboxylic acids is 1. The summed E-state index contributed by atoms with van der Waals surface area (Å²) >= 11 is 1.68. The molecule has 2 heterocycles. The number of anilines is 1. The summed E-state index contributed by atoms with van der Waals surface area (Å²) < 4.78 is 0. The highest BCUT2D eigenvalue weighted by atomic mass is 32.1. The first kappa shape index (κ1) is 14.3. The van der Waals surface area contributed by atoms with E-state index in [9.17, 15) is 4.79 Å². The van der Waals surface area contributed by atoms with Gasteiger partial charge in [-0.05, 0) is 26.8 Å². The van der Waals surface area contributed by atoms with Gasteiger partial charge in [-0.15, -0.1) is 11.3 Å². The Bertz CT molecular complexity index is 434. The van der Waals surface area contributed by atoms with Crippen molar-refractivity contribution in [3.8, 4) is 0 Å². The van der Waals surface area contributed by atoms with Crippen LogP contribution in [0.1, 0.15) is 38.1 Å². The summed E-state index contributed by atoms with van der Waals surface area (Å²) in [5, 5.41) is 7.28. The number of hydrogen-bond acceptors (Lipinski definition) is 5. The largest absolute Gasteiger partial charge is 0.353 e. The number of amides is 1. The highest BCUT2D eigenvalue weighted by molar-refractivity contribution is 7.15. The van der Waals surface area contributed by atoms with Gasteiger partial charge in [0.05, 0.1) is 0 Å². The Balaban J connectivity index is 2.05. The molecule has 1 aliphatic rings. The van der Waals surface area contributed by atoms with E-state index in [0.717, 1.165) is 24.6 Å². The summed E-state index contributed by atoms with van der Waals surface area (Å²) in [6.45, 7) is 8.77. The van der Waals surface area contributed by atoms with Gasteiger partial charge in [-0.25, -0.2) is 4.98 Å². The highest BCUT2D eigenvalue weighted by Crippen LogP contribution is 2.28. The summed E-state index contributed by atoms with van der Waals surface area (Å²) in [7, 11) is 0. The number of piperazine rings is 1. The molecule has 0 radical (unpaired) electrons. The minimum Gasteiger partial charge on any atom is -0.353 e. The van der Waals surface area contributed by atoms with Gasteiger partial charge < -0.3 is 15.5 Å². The molecule has 2 rings (SSSR count). The average molecular weight is 282 g/mol. The van der Waals surface area contributed by atoms with Gasteiger partial charge in [-0.1, -0.05) is 6.92 Å². The molecule has 106 valence electrons. The predicted molar refractivity (Wildman–Crippen MR) is 78.6 cm³/mol. The van der Waals surface area contributed by atoms with E-state index in [-0.39, 0.29) is 11.9 Å². The van der Waals surface area contributed by atoms with Crippen molar-refractivity contribution in [1.29, 1.82) is 0 Å². The normalized spacial score (nSPS) is 21.3. The van der Waals surface area contributed by atoms with E-state index in [0.29, 0.717) is 12.6 Å². The molecule has 2 N–H and O–H groups in total. The number of aromatic nitrogens is 1. The van der Waals surface area contributed by atoms with Crippen molar-refractivity contribution in [3.63, 3.8) is 0 Å². The fourth-order valence-electron chi connectivity index (χ4n) is 2.12. The maximum atomic E-state index is 11.7. The number of carbonyl (C=O) groups is 1. The first-order valence-corrected chi connectivity index (χ1v) is 7.68. The number of hydrogen-bond donors (Lipinski definition) is 2. The lowest BCUT2D eigenvalue weighted by Crippen LogP contribution is -2.54. The fourth-order valence-corrected chi connectivity index (χ4v) is 3.16. The molecule has 6 heteroatoms. The molecule has 0 aliphatic carbocycles. The smallest absolute Gasteiger partial charge is 0.242 e. The molecule has 0 spiro atoms. The van der Waals surface area contributed by atoms with Crippen LogP contribution >= 0.6 is 11.3 Å². The van der Waals surface area contributed by atoms with Crippen LogP contribution in [0.25, 0.3) is 0 Å². The minimum atomic E-state index is -0.133. The fraction of sp³-hybridized carbons (Fsp3) is 0.692. The van der Waals surface area contributed by atoms with Crippen LogP contribution in [0, 0.1) is 0 Å². The Morgan fingerprint density at radius 3 is 3.21 bits per heavy atom. The van der Waals surface area contributed by atoms with E-state index in [1.807, 2.05) is 13.1 Å². The van der Waals surface area contributed by atoms with Gasteiger partial charge in [-0.2, -0.15) is 0 Å². The van der Waals surface area contributed by atoms with E-state index >= 15 is 0 Å². The van der Waals surface area contributed by atoms with E-state index in [1.165, 1.54) is 4.88 Å². The molecular weight excluding hydrogens is 260 g/mol. The third-order valence-corrected chi connectivity index (χ3v) is 4.60. The van der Waals surface area contributed by atoms with E-state index in [1.54, 1.807) is 11.3 Å². The molecule has 0 saturated carbocycles. The summed E-state index contributed by atoms with van der Waals surface area (Å²) in [4.78, 5) is 19.5. The number of nitrogens with one attached hydrogen (secondary N) is 2. The van der Waals surface area contributed by atoms with Crippen LogP contribution in [0.3, 0.4) is 0 Å². The van der Waals surface area contributed by atoms with Crippen molar-refractivity contribution in [2.75, 3.05) is 24.5 Å². The van der Waals surface area contributed by atoms with E-state index in [4.69, 9.17) is 0 Å². The zero-order valence-electron chi connectivity index (χ0n) is 11.8. The van der Waals surface area contributed by atoms with Crippen LogP contribution in [-0.2, 0) is 4.79 Å². The van der Waals surface area contributed by atoms with Crippen molar-refractivity contribution in [2.24, 2.45) is 0 Å². The first-order chi connectivity index (χ1) is 9.13. The Labute approximate surface area is 118 Å². The molecule has 5 nitrogen and oxygen atoms in total. The van der Waals surface area contributed by atoms with E-state index in [2.05, 4.69) is 34.4 Å². The minimum absolute atomic E-state index is 0.0835. The molecule has 2 unspecified atom stereocenters. The number of thiazole rings is 1. The molecule has 1 amide bonds. The zero-order valence-corrected chi connectivity index (χ0v) is 12.6. The highest BCUT2D eigenvalue weighted by Gasteiger charge is 2.27. The molecule has 1 aliphatic heterocycles. The van der Waals surface area contributed by atoms with Crippen molar-refractivity contribution in [3.05, 3.63) is 11.1 Å². The van der Waals surface area contributed by atoms with Gasteiger partial charge in [0.25, 0.3) is 0 Å². The van der Waals surface area contributed by atoms with Gasteiger partial charge >= 0.3 is 0 Å². The van der Waals surface area contributed by atoms with Crippen LogP contribution in [0.5, 0.6) is 0 Å². The lowest BCUT2D eigenvalue weighted by molar-refractivity contribution is -0.122. The molecule has 1 aromatic rings. The molecular formula is C13H22N4OS. The third kappa shape index (κ3) is 3.25. The Morgan fingerprint density at radius 1 is 1.68 bits per heavy atom. The first-order valence-electron chi connectivity index (χ1n) is 6.87. The van der Waals surface area contributed by atoms with Crippen LogP contribution in [-0.4, -0.2) is 36.6 Å². The van der Waals surface area contributed by atoms with Crippen LogP contribution in [0.2, 0.25) is 0 Å². The third-order valence-electron chi connectivity index (χ3n) is 3.38. The molecule has 0 aromatic carbocycles. The van der Waals surface area contributed by atoms with Crippen molar-refractivity contribution < 1.29 is 4.79 Å². The maximum absolute atomic E-state index is 11.7. The van der Waals surface area contributed by atoms with Crippen molar-refractivity contribution in [2.45, 2.75) is 39.3 Å². The topological polar surface area (TPSA) is 57.3 Å². The van der Waals surface area contributed by atoms with E-state index < -0.39 is 0 Å². The van der Waals surface area contributed by atoms with Gasteiger partial charge in [0.2, 0.25) is 5.91 Å². The number of rotatable bonds is 5. The molecule has 1 aromatic heterocycles. The lowest BCUT2D eigenvalue weighted by Gasteiger charge is -2.32.